The molecule has 0 saturated carbocycles. The van der Waals surface area contributed by atoms with Crippen LogP contribution in [-0.4, -0.2) is 24.1 Å². The van der Waals surface area contributed by atoms with Gasteiger partial charge >= 0.3 is 0 Å². The van der Waals surface area contributed by atoms with E-state index in [2.05, 4.69) is 228 Å². The maximum Gasteiger partial charge on any atom is 0.164 e. The van der Waals surface area contributed by atoms with Gasteiger partial charge in [0.25, 0.3) is 0 Å². The summed E-state index contributed by atoms with van der Waals surface area (Å²) < 4.78 is 7.27. The van der Waals surface area contributed by atoms with Crippen molar-refractivity contribution < 1.29 is 0 Å². The van der Waals surface area contributed by atoms with E-state index in [4.69, 9.17) is 15.0 Å². The summed E-state index contributed by atoms with van der Waals surface area (Å²) in [5, 5.41) is 8.45. The number of hydrogen-bond donors (Lipinski definition) is 0. The first-order chi connectivity index (χ1) is 33.2. The first kappa shape index (κ1) is 37.9. The quantitative estimate of drug-likeness (QED) is 0.167. The van der Waals surface area contributed by atoms with Crippen molar-refractivity contribution in [3.63, 3.8) is 0 Å². The molecule has 9 aromatic carbocycles. The summed E-state index contributed by atoms with van der Waals surface area (Å²) in [6.45, 7) is 0. The highest BCUT2D eigenvalue weighted by Gasteiger charge is 2.31. The molecule has 0 amide bonds. The monoisotopic (exact) mass is 873 g/mol. The van der Waals surface area contributed by atoms with Gasteiger partial charge in [-0.15, -0.1) is 11.3 Å². The number of hydrogen-bond acceptors (Lipinski definition) is 4. The average Bonchev–Trinajstić information content (AvgIpc) is 4.05. The molecule has 1 aliphatic rings. The number of thiophene rings is 1. The number of aromatic nitrogens is 5. The molecule has 1 aliphatic carbocycles. The van der Waals surface area contributed by atoms with Crippen molar-refractivity contribution in [2.24, 2.45) is 0 Å². The maximum absolute atomic E-state index is 5.69. The van der Waals surface area contributed by atoms with E-state index in [9.17, 15) is 0 Å². The Hall–Kier alpha value is -8.45. The Kier molecular flexibility index (Phi) is 8.51. The van der Waals surface area contributed by atoms with E-state index in [1.54, 1.807) is 0 Å². The van der Waals surface area contributed by atoms with Gasteiger partial charge in [0.05, 0.1) is 22.5 Å². The van der Waals surface area contributed by atoms with Gasteiger partial charge in [0.1, 0.15) is 5.82 Å². The van der Waals surface area contributed by atoms with E-state index < -0.39 is 0 Å². The highest BCUT2D eigenvalue weighted by atomic mass is 32.1. The topological polar surface area (TPSA) is 48.5 Å². The number of benzene rings is 9. The Balaban J connectivity index is 1.07. The first-order valence-electron chi connectivity index (χ1n) is 22.9. The fourth-order valence-electron chi connectivity index (χ4n) is 10.7. The van der Waals surface area contributed by atoms with E-state index >= 15 is 0 Å². The second-order valence-electron chi connectivity index (χ2n) is 17.5. The molecule has 6 heteroatoms. The van der Waals surface area contributed by atoms with Crippen LogP contribution in [0, 0.1) is 0 Å². The molecule has 0 saturated heterocycles. The third-order valence-corrected chi connectivity index (χ3v) is 14.8. The predicted octanol–water partition coefficient (Wildman–Crippen LogP) is 16.0. The molecule has 1 unspecified atom stereocenters. The molecule has 0 spiro atoms. The molecule has 4 heterocycles. The van der Waals surface area contributed by atoms with E-state index in [0.29, 0.717) is 11.6 Å². The number of fused-ring (bicyclic) bond motifs is 10. The number of nitrogens with zero attached hydrogens (tertiary/aromatic N) is 5. The second-order valence-corrected chi connectivity index (χ2v) is 18.6. The minimum absolute atomic E-state index is 0.158. The predicted molar refractivity (Wildman–Crippen MR) is 280 cm³/mol. The average molecular weight is 874 g/mol. The molecule has 0 N–H and O–H groups in total. The van der Waals surface area contributed by atoms with Crippen LogP contribution in [-0.2, 0) is 0 Å². The Morgan fingerprint density at radius 2 is 1.09 bits per heavy atom. The van der Waals surface area contributed by atoms with Gasteiger partial charge < -0.3 is 9.13 Å². The summed E-state index contributed by atoms with van der Waals surface area (Å²) in [5.41, 5.74) is 12.2. The largest absolute Gasteiger partial charge is 0.312 e. The standard InChI is InChI=1S/C61H39N5S/c1-3-17-38(18-4-1)39-21-15-22-42(33-39)59-62-60(49-29-16-28-47-45-25-9-13-31-53(45)66(58(47)49)43-23-5-2-6-24-43)64-61(63-59)51-36-44(37-56-57(51)48-27-11-14-32-55(48)67-56)65-52-30-12-10-26-46(52)50-34-40-19-7-8-20-41(40)35-54(50)65/h1-28,30-37,49H,29H2. The fourth-order valence-corrected chi connectivity index (χ4v) is 11.8. The molecule has 0 bridgehead atoms. The zero-order chi connectivity index (χ0) is 44.0. The summed E-state index contributed by atoms with van der Waals surface area (Å²) in [4.78, 5) is 16.8. The number of rotatable bonds is 6. The zero-order valence-electron chi connectivity index (χ0n) is 36.2. The molecule has 0 fully saturated rings. The van der Waals surface area contributed by atoms with Gasteiger partial charge in [-0.25, -0.2) is 15.0 Å². The van der Waals surface area contributed by atoms with Crippen LogP contribution >= 0.6 is 11.3 Å². The Morgan fingerprint density at radius 3 is 1.93 bits per heavy atom. The first-order valence-corrected chi connectivity index (χ1v) is 23.7. The Bertz CT molecular complexity index is 4140. The van der Waals surface area contributed by atoms with E-state index in [1.807, 2.05) is 11.3 Å². The van der Waals surface area contributed by atoms with Crippen molar-refractivity contribution in [3.8, 4) is 45.3 Å². The SMILES string of the molecule is C1=Cc2c(n(-c3ccccc3)c3ccccc23)C(c2nc(-c3cccc(-c4ccccc4)c3)nc(-c3cc(-n4c5ccccc5c5cc6ccccc6cc54)cc4sc5ccccc5c34)n2)C1. The van der Waals surface area contributed by atoms with Crippen molar-refractivity contribution >= 4 is 81.1 Å². The lowest BCUT2D eigenvalue weighted by molar-refractivity contribution is 0.704. The lowest BCUT2D eigenvalue weighted by Gasteiger charge is -2.23. The van der Waals surface area contributed by atoms with Gasteiger partial charge in [0.2, 0.25) is 0 Å². The van der Waals surface area contributed by atoms with Gasteiger partial charge in [-0.05, 0) is 89.0 Å². The molecule has 5 nitrogen and oxygen atoms in total. The Labute approximate surface area is 390 Å². The maximum atomic E-state index is 5.69. The van der Waals surface area contributed by atoms with E-state index in [-0.39, 0.29) is 5.92 Å². The Morgan fingerprint density at radius 1 is 0.433 bits per heavy atom. The van der Waals surface area contributed by atoms with Crippen molar-refractivity contribution in [1.82, 2.24) is 24.1 Å². The molecule has 1 atom stereocenters. The van der Waals surface area contributed by atoms with Crippen molar-refractivity contribution in [3.05, 3.63) is 229 Å². The number of allylic oxidation sites excluding steroid dienone is 1. The molecule has 0 aliphatic heterocycles. The second kappa shape index (κ2) is 15.1. The summed E-state index contributed by atoms with van der Waals surface area (Å²) in [6, 6.07) is 74.2. The van der Waals surface area contributed by atoms with Gasteiger partial charge in [0.15, 0.2) is 11.6 Å². The lowest BCUT2D eigenvalue weighted by atomic mass is 9.90. The van der Waals surface area contributed by atoms with Gasteiger partial charge in [-0.3, -0.25) is 0 Å². The molecular formula is C61H39N5S. The lowest BCUT2D eigenvalue weighted by Crippen LogP contribution is -2.15. The van der Waals surface area contributed by atoms with Crippen LogP contribution < -0.4 is 0 Å². The zero-order valence-corrected chi connectivity index (χ0v) is 37.0. The van der Waals surface area contributed by atoms with Crippen LogP contribution in [0.15, 0.2) is 212 Å². The summed E-state index contributed by atoms with van der Waals surface area (Å²) in [7, 11) is 0. The smallest absolute Gasteiger partial charge is 0.164 e. The summed E-state index contributed by atoms with van der Waals surface area (Å²) in [5.74, 6) is 1.90. The van der Waals surface area contributed by atoms with E-state index in [1.165, 1.54) is 58.5 Å². The minimum Gasteiger partial charge on any atom is -0.312 e. The van der Waals surface area contributed by atoms with Crippen molar-refractivity contribution in [1.29, 1.82) is 0 Å². The van der Waals surface area contributed by atoms with Gasteiger partial charge in [-0.1, -0.05) is 158 Å². The third kappa shape index (κ3) is 6.03. The van der Waals surface area contributed by atoms with Crippen LogP contribution in [0.1, 0.15) is 29.4 Å². The number of para-hydroxylation sites is 3. The normalized spacial score (nSPS) is 13.7. The summed E-state index contributed by atoms with van der Waals surface area (Å²) >= 11 is 1.82. The van der Waals surface area contributed by atoms with Crippen LogP contribution in [0.2, 0.25) is 0 Å². The molecular weight excluding hydrogens is 835 g/mol. The highest BCUT2D eigenvalue weighted by molar-refractivity contribution is 7.26. The van der Waals surface area contributed by atoms with Gasteiger partial charge in [0, 0.05) is 70.1 Å². The molecule has 4 aromatic heterocycles. The van der Waals surface area contributed by atoms with Crippen molar-refractivity contribution in [2.75, 3.05) is 0 Å². The molecule has 0 radical (unpaired) electrons. The van der Waals surface area contributed by atoms with Crippen LogP contribution in [0.25, 0.3) is 115 Å². The van der Waals surface area contributed by atoms with Crippen LogP contribution in [0.3, 0.4) is 0 Å². The van der Waals surface area contributed by atoms with Crippen molar-refractivity contribution in [2.45, 2.75) is 12.3 Å². The third-order valence-electron chi connectivity index (χ3n) is 13.6. The molecule has 13 aromatic rings. The fraction of sp³-hybridized carbons (Fsp3) is 0.0328. The molecule has 67 heavy (non-hydrogen) atoms. The molecule has 314 valence electrons. The molecule has 14 rings (SSSR count). The highest BCUT2D eigenvalue weighted by Crippen LogP contribution is 2.46. The van der Waals surface area contributed by atoms with Gasteiger partial charge in [-0.2, -0.15) is 0 Å². The minimum atomic E-state index is -0.158. The van der Waals surface area contributed by atoms with E-state index in [0.717, 1.165) is 62.3 Å². The van der Waals surface area contributed by atoms with Crippen LogP contribution in [0.5, 0.6) is 0 Å². The van der Waals surface area contributed by atoms with Crippen LogP contribution in [0.4, 0.5) is 0 Å². The summed E-state index contributed by atoms with van der Waals surface area (Å²) in [6.07, 6.45) is 5.33.